The van der Waals surface area contributed by atoms with E-state index in [1.54, 1.807) is 11.8 Å². The van der Waals surface area contributed by atoms with E-state index >= 15 is 0 Å². The summed E-state index contributed by atoms with van der Waals surface area (Å²) in [5, 5.41) is 13.2. The molecule has 1 saturated heterocycles. The lowest BCUT2D eigenvalue weighted by Gasteiger charge is -2.35. The highest BCUT2D eigenvalue weighted by Crippen LogP contribution is 2.38. The lowest BCUT2D eigenvalue weighted by molar-refractivity contribution is 0.0713. The van der Waals surface area contributed by atoms with Gasteiger partial charge in [0.2, 0.25) is 0 Å². The molecule has 1 aliphatic carbocycles. The second kappa shape index (κ2) is 6.20. The molecule has 0 aromatic heterocycles. The van der Waals surface area contributed by atoms with E-state index in [0.29, 0.717) is 25.4 Å². The molecule has 0 bridgehead atoms. The Labute approximate surface area is 140 Å². The maximum absolute atomic E-state index is 12.5. The number of urea groups is 1. The van der Waals surface area contributed by atoms with Gasteiger partial charge in [0.1, 0.15) is 0 Å². The normalized spacial score (nSPS) is 26.6. The SMILES string of the molecule is CC1(O)CCN(C(=O)NC(c2ccc(Br)cc2)C2CCC2)C1. The van der Waals surface area contributed by atoms with Crippen LogP contribution in [0, 0.1) is 5.92 Å². The number of nitrogens with one attached hydrogen (secondary N) is 1. The van der Waals surface area contributed by atoms with Crippen molar-refractivity contribution in [3.8, 4) is 0 Å². The van der Waals surface area contributed by atoms with Gasteiger partial charge in [0.25, 0.3) is 0 Å². The lowest BCUT2D eigenvalue weighted by Crippen LogP contribution is -2.44. The molecule has 2 atom stereocenters. The third kappa shape index (κ3) is 3.46. The zero-order chi connectivity index (χ0) is 15.7. The zero-order valence-electron chi connectivity index (χ0n) is 12.9. The van der Waals surface area contributed by atoms with Crippen molar-refractivity contribution >= 4 is 22.0 Å². The molecule has 0 radical (unpaired) electrons. The lowest BCUT2D eigenvalue weighted by atomic mass is 9.77. The van der Waals surface area contributed by atoms with Gasteiger partial charge < -0.3 is 15.3 Å². The van der Waals surface area contributed by atoms with Crippen molar-refractivity contribution in [2.24, 2.45) is 5.92 Å². The van der Waals surface area contributed by atoms with Gasteiger partial charge in [-0.3, -0.25) is 0 Å². The van der Waals surface area contributed by atoms with Gasteiger partial charge in [-0.25, -0.2) is 4.79 Å². The van der Waals surface area contributed by atoms with Crippen LogP contribution in [0.25, 0.3) is 0 Å². The van der Waals surface area contributed by atoms with Crippen LogP contribution in [0.2, 0.25) is 0 Å². The molecule has 2 amide bonds. The first-order valence-electron chi connectivity index (χ1n) is 7.98. The Hall–Kier alpha value is -1.07. The summed E-state index contributed by atoms with van der Waals surface area (Å²) >= 11 is 3.46. The molecule has 4 nitrogen and oxygen atoms in total. The van der Waals surface area contributed by atoms with Crippen LogP contribution in [0.3, 0.4) is 0 Å². The van der Waals surface area contributed by atoms with E-state index in [4.69, 9.17) is 0 Å². The second-order valence-corrected chi connectivity index (χ2v) is 7.75. The summed E-state index contributed by atoms with van der Waals surface area (Å²) < 4.78 is 1.05. The maximum atomic E-state index is 12.5. The van der Waals surface area contributed by atoms with E-state index in [1.807, 2.05) is 12.1 Å². The summed E-state index contributed by atoms with van der Waals surface area (Å²) in [6.07, 6.45) is 4.22. The number of halogens is 1. The second-order valence-electron chi connectivity index (χ2n) is 6.84. The molecule has 2 N–H and O–H groups in total. The molecule has 2 unspecified atom stereocenters. The van der Waals surface area contributed by atoms with Crippen molar-refractivity contribution in [1.29, 1.82) is 0 Å². The van der Waals surface area contributed by atoms with Crippen molar-refractivity contribution < 1.29 is 9.90 Å². The van der Waals surface area contributed by atoms with Crippen LogP contribution in [0.4, 0.5) is 4.79 Å². The summed E-state index contributed by atoms with van der Waals surface area (Å²) in [6.45, 7) is 2.82. The van der Waals surface area contributed by atoms with Crippen LogP contribution in [0.5, 0.6) is 0 Å². The van der Waals surface area contributed by atoms with E-state index in [-0.39, 0.29) is 12.1 Å². The summed E-state index contributed by atoms with van der Waals surface area (Å²) in [5.74, 6) is 0.522. The minimum absolute atomic E-state index is 0.0578. The fraction of sp³-hybridized carbons (Fsp3) is 0.588. The molecule has 2 fully saturated rings. The standard InChI is InChI=1S/C17H23BrN2O2/c1-17(22)9-10-20(11-17)16(21)19-15(12-3-2-4-12)13-5-7-14(18)8-6-13/h5-8,12,15,22H,2-4,9-11H2,1H3,(H,19,21). The number of rotatable bonds is 3. The average molecular weight is 367 g/mol. The molecule has 120 valence electrons. The molecule has 1 aliphatic heterocycles. The quantitative estimate of drug-likeness (QED) is 0.860. The molecule has 1 aromatic rings. The van der Waals surface area contributed by atoms with Crippen LogP contribution < -0.4 is 5.32 Å². The topological polar surface area (TPSA) is 52.6 Å². The number of likely N-dealkylation sites (tertiary alicyclic amines) is 1. The number of hydrogen-bond acceptors (Lipinski definition) is 2. The van der Waals surface area contributed by atoms with Crippen molar-refractivity contribution in [1.82, 2.24) is 10.2 Å². The number of aliphatic hydroxyl groups is 1. The van der Waals surface area contributed by atoms with Gasteiger partial charge in [-0.1, -0.05) is 34.5 Å². The first kappa shape index (κ1) is 15.8. The molecule has 1 aromatic carbocycles. The van der Waals surface area contributed by atoms with Gasteiger partial charge in [0, 0.05) is 11.0 Å². The van der Waals surface area contributed by atoms with Gasteiger partial charge in [-0.05, 0) is 49.8 Å². The van der Waals surface area contributed by atoms with Gasteiger partial charge in [0.05, 0.1) is 18.2 Å². The highest BCUT2D eigenvalue weighted by Gasteiger charge is 2.36. The highest BCUT2D eigenvalue weighted by molar-refractivity contribution is 9.10. The maximum Gasteiger partial charge on any atom is 0.317 e. The van der Waals surface area contributed by atoms with Gasteiger partial charge in [0.15, 0.2) is 0 Å². The van der Waals surface area contributed by atoms with Crippen LogP contribution in [0.1, 0.15) is 44.2 Å². The van der Waals surface area contributed by atoms with Crippen LogP contribution in [0.15, 0.2) is 28.7 Å². The molecular formula is C17H23BrN2O2. The number of amides is 2. The predicted octanol–water partition coefficient (Wildman–Crippen LogP) is 3.46. The van der Waals surface area contributed by atoms with Crippen LogP contribution >= 0.6 is 15.9 Å². The molecule has 3 rings (SSSR count). The third-order valence-corrected chi connectivity index (χ3v) is 5.40. The van der Waals surface area contributed by atoms with Crippen LogP contribution in [-0.2, 0) is 0 Å². The van der Waals surface area contributed by atoms with E-state index in [0.717, 1.165) is 10.0 Å². The molecule has 1 heterocycles. The Morgan fingerprint density at radius 1 is 1.41 bits per heavy atom. The van der Waals surface area contributed by atoms with Crippen LogP contribution in [-0.4, -0.2) is 34.7 Å². The Balaban J connectivity index is 1.70. The number of benzene rings is 1. The van der Waals surface area contributed by atoms with Crippen molar-refractivity contribution in [2.75, 3.05) is 13.1 Å². The van der Waals surface area contributed by atoms with Crippen molar-refractivity contribution in [3.05, 3.63) is 34.3 Å². The number of carbonyl (C=O) groups excluding carboxylic acids is 1. The van der Waals surface area contributed by atoms with Gasteiger partial charge in [-0.15, -0.1) is 0 Å². The van der Waals surface area contributed by atoms with Crippen molar-refractivity contribution in [2.45, 2.75) is 44.2 Å². The Morgan fingerprint density at radius 3 is 2.59 bits per heavy atom. The first-order valence-corrected chi connectivity index (χ1v) is 8.77. The molecule has 2 aliphatic rings. The van der Waals surface area contributed by atoms with E-state index < -0.39 is 5.60 Å². The number of β-amino-alcohol motifs (C(OH)–C–C–N with tert-alkyl or cyclic N) is 1. The minimum atomic E-state index is -0.749. The predicted molar refractivity (Wildman–Crippen MR) is 89.6 cm³/mol. The first-order chi connectivity index (χ1) is 10.4. The smallest absolute Gasteiger partial charge is 0.317 e. The molecule has 1 saturated carbocycles. The monoisotopic (exact) mass is 366 g/mol. The molecular weight excluding hydrogens is 344 g/mol. The van der Waals surface area contributed by atoms with Crippen molar-refractivity contribution in [3.63, 3.8) is 0 Å². The number of carbonyl (C=O) groups is 1. The summed E-state index contributed by atoms with van der Waals surface area (Å²) in [6, 6.07) is 8.21. The number of nitrogens with zero attached hydrogens (tertiary/aromatic N) is 1. The molecule has 0 spiro atoms. The third-order valence-electron chi connectivity index (χ3n) is 4.87. The van der Waals surface area contributed by atoms with Gasteiger partial charge >= 0.3 is 6.03 Å². The molecule has 22 heavy (non-hydrogen) atoms. The Kier molecular flexibility index (Phi) is 4.46. The summed E-state index contributed by atoms with van der Waals surface area (Å²) in [4.78, 5) is 14.2. The Morgan fingerprint density at radius 2 is 2.09 bits per heavy atom. The molecule has 5 heteroatoms. The summed E-state index contributed by atoms with van der Waals surface area (Å²) in [5.41, 5.74) is 0.410. The van der Waals surface area contributed by atoms with E-state index in [2.05, 4.69) is 33.4 Å². The van der Waals surface area contributed by atoms with E-state index in [9.17, 15) is 9.90 Å². The largest absolute Gasteiger partial charge is 0.388 e. The fourth-order valence-electron chi connectivity index (χ4n) is 3.26. The zero-order valence-corrected chi connectivity index (χ0v) is 14.5. The fourth-order valence-corrected chi connectivity index (χ4v) is 3.52. The summed E-state index contributed by atoms with van der Waals surface area (Å²) in [7, 11) is 0. The van der Waals surface area contributed by atoms with Gasteiger partial charge in [-0.2, -0.15) is 0 Å². The Bertz CT molecular complexity index is 540. The minimum Gasteiger partial charge on any atom is -0.388 e. The van der Waals surface area contributed by atoms with E-state index in [1.165, 1.54) is 19.3 Å². The average Bonchev–Trinajstić information content (AvgIpc) is 2.77. The number of hydrogen-bond donors (Lipinski definition) is 2. The highest BCUT2D eigenvalue weighted by atomic mass is 79.9.